The van der Waals surface area contributed by atoms with Gasteiger partial charge in [-0.15, -0.1) is 0 Å². The van der Waals surface area contributed by atoms with Crippen molar-refractivity contribution in [2.45, 2.75) is 39.2 Å². The first-order valence-electron chi connectivity index (χ1n) is 7.05. The van der Waals surface area contributed by atoms with Gasteiger partial charge in [0.15, 0.2) is 0 Å². The summed E-state index contributed by atoms with van der Waals surface area (Å²) in [6.45, 7) is 6.22. The van der Waals surface area contributed by atoms with Crippen LogP contribution in [0.4, 0.5) is 4.39 Å². The van der Waals surface area contributed by atoms with Crippen LogP contribution >= 0.6 is 0 Å². The van der Waals surface area contributed by atoms with Crippen LogP contribution in [0.5, 0.6) is 0 Å². The maximum Gasteiger partial charge on any atom is 0.123 e. The molecule has 0 fully saturated rings. The number of halogens is 1. The Labute approximate surface area is 120 Å². The Balaban J connectivity index is 2.39. The Morgan fingerprint density at radius 3 is 2.50 bits per heavy atom. The Kier molecular flexibility index (Phi) is 4.24. The van der Waals surface area contributed by atoms with Gasteiger partial charge in [0, 0.05) is 5.54 Å². The maximum atomic E-state index is 13.5. The van der Waals surface area contributed by atoms with Crippen LogP contribution in [0, 0.1) is 19.7 Å². The van der Waals surface area contributed by atoms with E-state index in [1.165, 1.54) is 22.8 Å². The molecule has 0 aliphatic carbocycles. The summed E-state index contributed by atoms with van der Waals surface area (Å²) in [7, 11) is 0. The Morgan fingerprint density at radius 1 is 1.10 bits per heavy atom. The number of nitrogens with two attached hydrogens (primary N) is 1. The Hall–Kier alpha value is -1.67. The SMILES string of the molecule is CCC(N)(Cc1cc(C)ccc1C)c1cccc(F)c1. The molecule has 2 aromatic carbocycles. The average Bonchev–Trinajstić information content (AvgIpc) is 2.43. The summed E-state index contributed by atoms with van der Waals surface area (Å²) in [6.07, 6.45) is 1.49. The van der Waals surface area contributed by atoms with E-state index in [1.54, 1.807) is 12.1 Å². The predicted molar refractivity (Wildman–Crippen MR) is 82.2 cm³/mol. The summed E-state index contributed by atoms with van der Waals surface area (Å²) >= 11 is 0. The molecule has 1 unspecified atom stereocenters. The third-order valence-corrected chi connectivity index (χ3v) is 4.04. The first kappa shape index (κ1) is 14.7. The predicted octanol–water partition coefficient (Wildman–Crippen LogP) is 4.25. The smallest absolute Gasteiger partial charge is 0.123 e. The van der Waals surface area contributed by atoms with Gasteiger partial charge in [-0.05, 0) is 55.5 Å². The van der Waals surface area contributed by atoms with E-state index >= 15 is 0 Å². The normalized spacial score (nSPS) is 14.1. The summed E-state index contributed by atoms with van der Waals surface area (Å²) in [6, 6.07) is 13.0. The van der Waals surface area contributed by atoms with Crippen LogP contribution < -0.4 is 5.73 Å². The van der Waals surface area contributed by atoms with Crippen molar-refractivity contribution in [2.24, 2.45) is 5.73 Å². The van der Waals surface area contributed by atoms with Gasteiger partial charge in [-0.2, -0.15) is 0 Å². The molecule has 2 rings (SSSR count). The number of hydrogen-bond donors (Lipinski definition) is 1. The molecule has 1 nitrogen and oxygen atoms in total. The van der Waals surface area contributed by atoms with E-state index in [-0.39, 0.29) is 5.82 Å². The van der Waals surface area contributed by atoms with E-state index in [4.69, 9.17) is 5.73 Å². The molecule has 2 N–H and O–H groups in total. The summed E-state index contributed by atoms with van der Waals surface area (Å²) in [5.74, 6) is -0.230. The molecule has 1 atom stereocenters. The molecule has 0 bridgehead atoms. The van der Waals surface area contributed by atoms with Crippen LogP contribution in [-0.2, 0) is 12.0 Å². The van der Waals surface area contributed by atoms with Crippen molar-refractivity contribution in [3.8, 4) is 0 Å². The largest absolute Gasteiger partial charge is 0.321 e. The molecule has 0 amide bonds. The molecule has 0 aliphatic heterocycles. The average molecular weight is 271 g/mol. The highest BCUT2D eigenvalue weighted by atomic mass is 19.1. The second-order valence-corrected chi connectivity index (χ2v) is 5.63. The topological polar surface area (TPSA) is 26.0 Å². The summed E-state index contributed by atoms with van der Waals surface area (Å²) in [4.78, 5) is 0. The zero-order valence-corrected chi connectivity index (χ0v) is 12.4. The van der Waals surface area contributed by atoms with E-state index in [2.05, 4.69) is 39.0 Å². The van der Waals surface area contributed by atoms with Crippen LogP contribution in [0.1, 0.15) is 35.6 Å². The highest BCUT2D eigenvalue weighted by molar-refractivity contribution is 5.35. The summed E-state index contributed by atoms with van der Waals surface area (Å²) in [5, 5.41) is 0. The lowest BCUT2D eigenvalue weighted by molar-refractivity contribution is 0.421. The van der Waals surface area contributed by atoms with E-state index in [0.717, 1.165) is 18.4 Å². The fourth-order valence-electron chi connectivity index (χ4n) is 2.56. The minimum absolute atomic E-state index is 0.230. The molecule has 0 saturated carbocycles. The fourth-order valence-corrected chi connectivity index (χ4v) is 2.56. The van der Waals surface area contributed by atoms with Crippen LogP contribution in [0.3, 0.4) is 0 Å². The molecule has 2 aromatic rings. The summed E-state index contributed by atoms with van der Waals surface area (Å²) in [5.41, 5.74) is 10.6. The Bertz CT molecular complexity index is 606. The summed E-state index contributed by atoms with van der Waals surface area (Å²) < 4.78 is 13.5. The molecule has 20 heavy (non-hydrogen) atoms. The molecule has 2 heteroatoms. The quantitative estimate of drug-likeness (QED) is 0.884. The lowest BCUT2D eigenvalue weighted by Crippen LogP contribution is -2.38. The van der Waals surface area contributed by atoms with E-state index in [9.17, 15) is 4.39 Å². The van der Waals surface area contributed by atoms with Crippen molar-refractivity contribution in [3.05, 3.63) is 70.5 Å². The van der Waals surface area contributed by atoms with Gasteiger partial charge >= 0.3 is 0 Å². The highest BCUT2D eigenvalue weighted by Gasteiger charge is 2.26. The first-order chi connectivity index (χ1) is 9.44. The van der Waals surface area contributed by atoms with Crippen molar-refractivity contribution < 1.29 is 4.39 Å². The van der Waals surface area contributed by atoms with Crippen molar-refractivity contribution in [1.82, 2.24) is 0 Å². The lowest BCUT2D eigenvalue weighted by Gasteiger charge is -2.30. The van der Waals surface area contributed by atoms with E-state index < -0.39 is 5.54 Å². The second-order valence-electron chi connectivity index (χ2n) is 5.63. The molecule has 0 spiro atoms. The third kappa shape index (κ3) is 3.07. The van der Waals surface area contributed by atoms with Crippen LogP contribution in [-0.4, -0.2) is 0 Å². The van der Waals surface area contributed by atoms with Gasteiger partial charge < -0.3 is 5.73 Å². The van der Waals surface area contributed by atoms with Gasteiger partial charge in [0.1, 0.15) is 5.82 Å². The molecule has 106 valence electrons. The Morgan fingerprint density at radius 2 is 1.85 bits per heavy atom. The molecule has 0 heterocycles. The van der Waals surface area contributed by atoms with Crippen molar-refractivity contribution in [1.29, 1.82) is 0 Å². The van der Waals surface area contributed by atoms with Crippen molar-refractivity contribution >= 4 is 0 Å². The molecule has 0 saturated heterocycles. The van der Waals surface area contributed by atoms with Gasteiger partial charge in [0.05, 0.1) is 0 Å². The molecule has 0 aromatic heterocycles. The van der Waals surface area contributed by atoms with Gasteiger partial charge in [0.2, 0.25) is 0 Å². The zero-order valence-electron chi connectivity index (χ0n) is 12.4. The van der Waals surface area contributed by atoms with Gasteiger partial charge in [0.25, 0.3) is 0 Å². The van der Waals surface area contributed by atoms with E-state index in [0.29, 0.717) is 0 Å². The third-order valence-electron chi connectivity index (χ3n) is 4.04. The van der Waals surface area contributed by atoms with E-state index in [1.807, 2.05) is 6.07 Å². The standard InChI is InChI=1S/C18H22FN/c1-4-18(20,16-6-5-7-17(19)11-16)12-15-10-13(2)8-9-14(15)3/h5-11H,4,12,20H2,1-3H3. The van der Waals surface area contributed by atoms with Gasteiger partial charge in [-0.3, -0.25) is 0 Å². The number of hydrogen-bond acceptors (Lipinski definition) is 1. The van der Waals surface area contributed by atoms with Crippen LogP contribution in [0.2, 0.25) is 0 Å². The monoisotopic (exact) mass is 271 g/mol. The zero-order chi connectivity index (χ0) is 14.8. The highest BCUT2D eigenvalue weighted by Crippen LogP contribution is 2.28. The van der Waals surface area contributed by atoms with Crippen molar-refractivity contribution in [2.75, 3.05) is 0 Å². The molecule has 0 radical (unpaired) electrons. The molecule has 0 aliphatic rings. The fraction of sp³-hybridized carbons (Fsp3) is 0.333. The number of aryl methyl sites for hydroxylation is 2. The first-order valence-corrected chi connectivity index (χ1v) is 7.05. The minimum atomic E-state index is -0.527. The van der Waals surface area contributed by atoms with Gasteiger partial charge in [-0.1, -0.05) is 42.8 Å². The van der Waals surface area contributed by atoms with Crippen LogP contribution in [0.25, 0.3) is 0 Å². The minimum Gasteiger partial charge on any atom is -0.321 e. The second kappa shape index (κ2) is 5.76. The van der Waals surface area contributed by atoms with Gasteiger partial charge in [-0.25, -0.2) is 4.39 Å². The van der Waals surface area contributed by atoms with Crippen LogP contribution in [0.15, 0.2) is 42.5 Å². The lowest BCUT2D eigenvalue weighted by atomic mass is 9.81. The molecular formula is C18H22FN. The maximum absolute atomic E-state index is 13.5. The van der Waals surface area contributed by atoms with Crippen molar-refractivity contribution in [3.63, 3.8) is 0 Å². The number of benzene rings is 2. The molecular weight excluding hydrogens is 249 g/mol. The number of rotatable bonds is 4.